The van der Waals surface area contributed by atoms with Crippen molar-refractivity contribution in [1.82, 2.24) is 9.97 Å². The third kappa shape index (κ3) is 6.73. The summed E-state index contributed by atoms with van der Waals surface area (Å²) in [5.41, 5.74) is 0. The molecular weight excluding hydrogens is 250 g/mol. The smallest absolute Gasteiger partial charge is 0.218 e. The molecule has 0 fully saturated rings. The van der Waals surface area contributed by atoms with Gasteiger partial charge in [0, 0.05) is 19.0 Å². The van der Waals surface area contributed by atoms with E-state index in [1.165, 1.54) is 0 Å². The van der Waals surface area contributed by atoms with Gasteiger partial charge in [-0.2, -0.15) is 4.98 Å². The first kappa shape index (κ1) is 16.7. The molecule has 0 atom stereocenters. The van der Waals surface area contributed by atoms with Gasteiger partial charge in [-0.3, -0.25) is 0 Å². The van der Waals surface area contributed by atoms with Gasteiger partial charge in [0.05, 0.1) is 6.61 Å². The highest BCUT2D eigenvalue weighted by Crippen LogP contribution is 2.16. The standard InChI is InChI=1S/C16H29N3O/c1-6-7-14-18-15(17-9-8-12(2)3)10-16(19-14)20-11-13(4)5/h10,12-13H,6-9,11H2,1-5H3,(H,17,18,19). The van der Waals surface area contributed by atoms with Gasteiger partial charge in [-0.05, 0) is 24.7 Å². The molecule has 1 heterocycles. The van der Waals surface area contributed by atoms with Crippen molar-refractivity contribution in [3.63, 3.8) is 0 Å². The molecule has 0 aliphatic heterocycles. The molecule has 0 unspecified atom stereocenters. The van der Waals surface area contributed by atoms with E-state index in [-0.39, 0.29) is 0 Å². The molecular formula is C16H29N3O. The van der Waals surface area contributed by atoms with Crippen molar-refractivity contribution in [2.75, 3.05) is 18.5 Å². The molecule has 114 valence electrons. The number of ether oxygens (including phenoxy) is 1. The van der Waals surface area contributed by atoms with Gasteiger partial charge in [0.25, 0.3) is 0 Å². The van der Waals surface area contributed by atoms with E-state index >= 15 is 0 Å². The second kappa shape index (κ2) is 8.77. The Labute approximate surface area is 123 Å². The molecule has 1 N–H and O–H groups in total. The lowest BCUT2D eigenvalue weighted by molar-refractivity contribution is 0.260. The van der Waals surface area contributed by atoms with Crippen LogP contribution in [0, 0.1) is 11.8 Å². The fourth-order valence-corrected chi connectivity index (χ4v) is 1.71. The van der Waals surface area contributed by atoms with Crippen LogP contribution < -0.4 is 10.1 Å². The van der Waals surface area contributed by atoms with Crippen molar-refractivity contribution in [2.45, 2.75) is 53.9 Å². The summed E-state index contributed by atoms with van der Waals surface area (Å²) in [7, 11) is 0. The average molecular weight is 279 g/mol. The first-order chi connectivity index (χ1) is 9.51. The normalized spacial score (nSPS) is 11.2. The third-order valence-corrected chi connectivity index (χ3v) is 2.81. The summed E-state index contributed by atoms with van der Waals surface area (Å²) in [6, 6.07) is 1.90. The quantitative estimate of drug-likeness (QED) is 0.744. The molecule has 0 aliphatic rings. The van der Waals surface area contributed by atoms with Crippen molar-refractivity contribution >= 4 is 5.82 Å². The fraction of sp³-hybridized carbons (Fsp3) is 0.750. The van der Waals surface area contributed by atoms with Crippen LogP contribution in [0.15, 0.2) is 6.07 Å². The SMILES string of the molecule is CCCc1nc(NCCC(C)C)cc(OCC(C)C)n1. The maximum atomic E-state index is 5.73. The molecule has 0 radical (unpaired) electrons. The van der Waals surface area contributed by atoms with Crippen molar-refractivity contribution in [3.05, 3.63) is 11.9 Å². The minimum Gasteiger partial charge on any atom is -0.477 e. The summed E-state index contributed by atoms with van der Waals surface area (Å²) >= 11 is 0. The van der Waals surface area contributed by atoms with Gasteiger partial charge in [0.1, 0.15) is 11.6 Å². The Morgan fingerprint density at radius 3 is 2.50 bits per heavy atom. The van der Waals surface area contributed by atoms with Crippen LogP contribution in [0.2, 0.25) is 0 Å². The topological polar surface area (TPSA) is 47.0 Å². The van der Waals surface area contributed by atoms with Gasteiger partial charge in [0.2, 0.25) is 5.88 Å². The van der Waals surface area contributed by atoms with Crippen LogP contribution in [0.5, 0.6) is 5.88 Å². The molecule has 0 aliphatic carbocycles. The second-order valence-electron chi connectivity index (χ2n) is 6.07. The predicted molar refractivity (Wildman–Crippen MR) is 84.3 cm³/mol. The summed E-state index contributed by atoms with van der Waals surface area (Å²) in [6.07, 6.45) is 3.06. The van der Waals surface area contributed by atoms with Crippen molar-refractivity contribution in [1.29, 1.82) is 0 Å². The maximum Gasteiger partial charge on any atom is 0.218 e. The van der Waals surface area contributed by atoms with Gasteiger partial charge in [-0.25, -0.2) is 4.98 Å². The Bertz CT molecular complexity index is 391. The maximum absolute atomic E-state index is 5.73. The minimum atomic E-state index is 0.497. The monoisotopic (exact) mass is 279 g/mol. The lowest BCUT2D eigenvalue weighted by Crippen LogP contribution is -2.11. The number of nitrogens with zero attached hydrogens (tertiary/aromatic N) is 2. The highest BCUT2D eigenvalue weighted by molar-refractivity contribution is 5.38. The zero-order valence-corrected chi connectivity index (χ0v) is 13.6. The van der Waals surface area contributed by atoms with E-state index in [2.05, 4.69) is 49.9 Å². The fourth-order valence-electron chi connectivity index (χ4n) is 1.71. The van der Waals surface area contributed by atoms with E-state index in [0.29, 0.717) is 24.3 Å². The predicted octanol–water partition coefficient (Wildman–Crippen LogP) is 3.92. The van der Waals surface area contributed by atoms with Gasteiger partial charge < -0.3 is 10.1 Å². The molecule has 0 spiro atoms. The molecule has 1 aromatic heterocycles. The molecule has 20 heavy (non-hydrogen) atoms. The number of nitrogens with one attached hydrogen (secondary N) is 1. The van der Waals surface area contributed by atoms with Crippen LogP contribution in [-0.2, 0) is 6.42 Å². The minimum absolute atomic E-state index is 0.497. The molecule has 0 saturated carbocycles. The lowest BCUT2D eigenvalue weighted by atomic mass is 10.1. The van der Waals surface area contributed by atoms with Crippen LogP contribution >= 0.6 is 0 Å². The Balaban J connectivity index is 2.70. The van der Waals surface area contributed by atoms with Crippen LogP contribution in [0.3, 0.4) is 0 Å². The number of rotatable bonds is 9. The van der Waals surface area contributed by atoms with E-state index in [1.807, 2.05) is 6.07 Å². The number of aromatic nitrogens is 2. The van der Waals surface area contributed by atoms with Crippen molar-refractivity contribution < 1.29 is 4.74 Å². The first-order valence-electron chi connectivity index (χ1n) is 7.75. The van der Waals surface area contributed by atoms with Gasteiger partial charge in [-0.15, -0.1) is 0 Å². The van der Waals surface area contributed by atoms with Crippen molar-refractivity contribution in [3.8, 4) is 5.88 Å². The molecule has 0 saturated heterocycles. The van der Waals surface area contributed by atoms with E-state index in [0.717, 1.165) is 37.4 Å². The molecule has 4 nitrogen and oxygen atoms in total. The Kier molecular flexibility index (Phi) is 7.34. The van der Waals surface area contributed by atoms with Crippen LogP contribution in [0.4, 0.5) is 5.82 Å². The summed E-state index contributed by atoms with van der Waals surface area (Å²) in [4.78, 5) is 9.01. The van der Waals surface area contributed by atoms with E-state index in [9.17, 15) is 0 Å². The third-order valence-electron chi connectivity index (χ3n) is 2.81. The molecule has 0 amide bonds. The zero-order valence-electron chi connectivity index (χ0n) is 13.6. The van der Waals surface area contributed by atoms with Crippen LogP contribution in [-0.4, -0.2) is 23.1 Å². The highest BCUT2D eigenvalue weighted by atomic mass is 16.5. The molecule has 0 aromatic carbocycles. The summed E-state index contributed by atoms with van der Waals surface area (Å²) in [5.74, 6) is 3.61. The van der Waals surface area contributed by atoms with Gasteiger partial charge in [-0.1, -0.05) is 34.6 Å². The average Bonchev–Trinajstić information content (AvgIpc) is 2.36. The van der Waals surface area contributed by atoms with E-state index in [1.54, 1.807) is 0 Å². The number of aryl methyl sites for hydroxylation is 1. The van der Waals surface area contributed by atoms with Crippen molar-refractivity contribution in [2.24, 2.45) is 11.8 Å². The summed E-state index contributed by atoms with van der Waals surface area (Å²) < 4.78 is 5.73. The molecule has 4 heteroatoms. The van der Waals surface area contributed by atoms with Gasteiger partial charge in [0.15, 0.2) is 0 Å². The highest BCUT2D eigenvalue weighted by Gasteiger charge is 2.06. The van der Waals surface area contributed by atoms with Crippen LogP contribution in [0.1, 0.15) is 53.3 Å². The summed E-state index contributed by atoms with van der Waals surface area (Å²) in [6.45, 7) is 12.5. The van der Waals surface area contributed by atoms with Gasteiger partial charge >= 0.3 is 0 Å². The zero-order chi connectivity index (χ0) is 15.0. The number of hydrogen-bond donors (Lipinski definition) is 1. The molecule has 1 rings (SSSR count). The lowest BCUT2D eigenvalue weighted by Gasteiger charge is -2.12. The van der Waals surface area contributed by atoms with E-state index < -0.39 is 0 Å². The van der Waals surface area contributed by atoms with E-state index in [4.69, 9.17) is 4.74 Å². The first-order valence-corrected chi connectivity index (χ1v) is 7.75. The Hall–Kier alpha value is -1.32. The number of anilines is 1. The second-order valence-corrected chi connectivity index (χ2v) is 6.07. The number of hydrogen-bond acceptors (Lipinski definition) is 4. The molecule has 0 bridgehead atoms. The van der Waals surface area contributed by atoms with Crippen LogP contribution in [0.25, 0.3) is 0 Å². The largest absolute Gasteiger partial charge is 0.477 e. The molecule has 1 aromatic rings. The summed E-state index contributed by atoms with van der Waals surface area (Å²) in [5, 5.41) is 3.37. The Morgan fingerprint density at radius 1 is 1.15 bits per heavy atom. The Morgan fingerprint density at radius 2 is 1.90 bits per heavy atom.